The molecular formula is C18H23NOS. The highest BCUT2D eigenvalue weighted by atomic mass is 32.1. The lowest BCUT2D eigenvalue weighted by atomic mass is 9.94. The van der Waals surface area contributed by atoms with Gasteiger partial charge in [0.1, 0.15) is 0 Å². The van der Waals surface area contributed by atoms with Crippen LogP contribution in [0, 0.1) is 5.92 Å². The minimum atomic E-state index is -0.0553. The maximum Gasteiger partial charge on any atom is 0.227 e. The van der Waals surface area contributed by atoms with Gasteiger partial charge in [-0.1, -0.05) is 45.0 Å². The van der Waals surface area contributed by atoms with Crippen LogP contribution in [-0.2, 0) is 4.79 Å². The normalized spacial score (nSPS) is 12.4. The predicted molar refractivity (Wildman–Crippen MR) is 90.6 cm³/mol. The van der Waals surface area contributed by atoms with E-state index in [1.165, 1.54) is 11.1 Å². The van der Waals surface area contributed by atoms with E-state index in [-0.39, 0.29) is 11.8 Å². The summed E-state index contributed by atoms with van der Waals surface area (Å²) in [6, 6.07) is 10.5. The standard InChI is InChI=1S/C18H23NOS/c1-4-17(18(20)19-11-13(2)3)15-7-5-14(6-8-15)16-9-10-21-12-16/h5-10,12-13,17H,4,11H2,1-3H3,(H,19,20). The highest BCUT2D eigenvalue weighted by Gasteiger charge is 2.18. The summed E-state index contributed by atoms with van der Waals surface area (Å²) in [5, 5.41) is 7.26. The van der Waals surface area contributed by atoms with Gasteiger partial charge in [-0.3, -0.25) is 4.79 Å². The monoisotopic (exact) mass is 301 g/mol. The third-order valence-corrected chi connectivity index (χ3v) is 4.26. The number of hydrogen-bond donors (Lipinski definition) is 1. The lowest BCUT2D eigenvalue weighted by Gasteiger charge is -2.17. The Kier molecular flexibility index (Phi) is 5.57. The summed E-state index contributed by atoms with van der Waals surface area (Å²) in [7, 11) is 0. The first-order valence-electron chi connectivity index (χ1n) is 7.52. The molecule has 0 fully saturated rings. The third-order valence-electron chi connectivity index (χ3n) is 3.58. The van der Waals surface area contributed by atoms with Crippen LogP contribution in [0.2, 0.25) is 0 Å². The molecule has 1 atom stereocenters. The summed E-state index contributed by atoms with van der Waals surface area (Å²) >= 11 is 1.70. The van der Waals surface area contributed by atoms with Gasteiger partial charge >= 0.3 is 0 Å². The molecule has 1 N–H and O–H groups in total. The molecule has 0 aliphatic heterocycles. The van der Waals surface area contributed by atoms with Gasteiger partial charge in [-0.05, 0) is 45.9 Å². The SMILES string of the molecule is CCC(C(=O)NCC(C)C)c1ccc(-c2ccsc2)cc1. The van der Waals surface area contributed by atoms with Gasteiger partial charge in [0.25, 0.3) is 0 Å². The number of amides is 1. The highest BCUT2D eigenvalue weighted by Crippen LogP contribution is 2.26. The molecule has 3 heteroatoms. The zero-order valence-electron chi connectivity index (χ0n) is 12.9. The number of carbonyl (C=O) groups is 1. The van der Waals surface area contributed by atoms with Crippen LogP contribution >= 0.6 is 11.3 Å². The average Bonchev–Trinajstić information content (AvgIpc) is 3.01. The molecule has 0 bridgehead atoms. The van der Waals surface area contributed by atoms with Crippen LogP contribution in [0.25, 0.3) is 11.1 Å². The van der Waals surface area contributed by atoms with E-state index in [2.05, 4.69) is 67.2 Å². The van der Waals surface area contributed by atoms with E-state index >= 15 is 0 Å². The topological polar surface area (TPSA) is 29.1 Å². The first-order valence-corrected chi connectivity index (χ1v) is 8.46. The Morgan fingerprint density at radius 2 is 1.86 bits per heavy atom. The van der Waals surface area contributed by atoms with Crippen LogP contribution < -0.4 is 5.32 Å². The van der Waals surface area contributed by atoms with Gasteiger partial charge in [0.15, 0.2) is 0 Å². The minimum Gasteiger partial charge on any atom is -0.355 e. The summed E-state index contributed by atoms with van der Waals surface area (Å²) in [6.07, 6.45) is 0.821. The molecule has 2 rings (SSSR count). The molecule has 21 heavy (non-hydrogen) atoms. The summed E-state index contributed by atoms with van der Waals surface area (Å²) in [6.45, 7) is 7.02. The van der Waals surface area contributed by atoms with Crippen LogP contribution in [0.15, 0.2) is 41.1 Å². The van der Waals surface area contributed by atoms with Gasteiger partial charge in [0.05, 0.1) is 5.92 Å². The van der Waals surface area contributed by atoms with Crippen molar-refractivity contribution in [3.8, 4) is 11.1 Å². The largest absolute Gasteiger partial charge is 0.355 e. The molecule has 1 aromatic heterocycles. The summed E-state index contributed by atoms with van der Waals surface area (Å²) in [4.78, 5) is 12.3. The van der Waals surface area contributed by atoms with Crippen molar-refractivity contribution in [1.82, 2.24) is 5.32 Å². The van der Waals surface area contributed by atoms with Crippen molar-refractivity contribution in [2.24, 2.45) is 5.92 Å². The molecule has 1 aromatic carbocycles. The molecule has 112 valence electrons. The molecule has 0 saturated heterocycles. The van der Waals surface area contributed by atoms with Gasteiger partial charge < -0.3 is 5.32 Å². The Balaban J connectivity index is 2.10. The number of benzene rings is 1. The van der Waals surface area contributed by atoms with Crippen LogP contribution in [0.4, 0.5) is 0 Å². The molecule has 1 heterocycles. The second-order valence-electron chi connectivity index (χ2n) is 5.73. The fourth-order valence-electron chi connectivity index (χ4n) is 2.34. The maximum absolute atomic E-state index is 12.3. The zero-order valence-corrected chi connectivity index (χ0v) is 13.7. The number of thiophene rings is 1. The molecule has 2 nitrogen and oxygen atoms in total. The quantitative estimate of drug-likeness (QED) is 0.824. The van der Waals surface area contributed by atoms with Gasteiger partial charge in [0, 0.05) is 6.54 Å². The molecule has 0 aliphatic carbocycles. The minimum absolute atomic E-state index is 0.0553. The molecule has 0 radical (unpaired) electrons. The first kappa shape index (κ1) is 15.8. The van der Waals surface area contributed by atoms with E-state index in [1.807, 2.05) is 0 Å². The fraction of sp³-hybridized carbons (Fsp3) is 0.389. The smallest absolute Gasteiger partial charge is 0.227 e. The van der Waals surface area contributed by atoms with Gasteiger partial charge in [-0.2, -0.15) is 11.3 Å². The lowest BCUT2D eigenvalue weighted by Crippen LogP contribution is -2.32. The zero-order chi connectivity index (χ0) is 15.2. The molecule has 0 saturated carbocycles. The summed E-state index contributed by atoms with van der Waals surface area (Å²) in [5.41, 5.74) is 3.54. The Hall–Kier alpha value is -1.61. The molecule has 2 aromatic rings. The lowest BCUT2D eigenvalue weighted by molar-refractivity contribution is -0.122. The van der Waals surface area contributed by atoms with Crippen LogP contribution in [0.5, 0.6) is 0 Å². The maximum atomic E-state index is 12.3. The van der Waals surface area contributed by atoms with E-state index in [4.69, 9.17) is 0 Å². The number of hydrogen-bond acceptors (Lipinski definition) is 2. The third kappa shape index (κ3) is 4.18. The fourth-order valence-corrected chi connectivity index (χ4v) is 3.00. The van der Waals surface area contributed by atoms with Crippen molar-refractivity contribution >= 4 is 17.2 Å². The number of nitrogens with one attached hydrogen (secondary N) is 1. The van der Waals surface area contributed by atoms with Crippen molar-refractivity contribution < 1.29 is 4.79 Å². The highest BCUT2D eigenvalue weighted by molar-refractivity contribution is 7.08. The van der Waals surface area contributed by atoms with E-state index in [1.54, 1.807) is 11.3 Å². The molecule has 1 amide bonds. The molecular weight excluding hydrogens is 278 g/mol. The second-order valence-corrected chi connectivity index (χ2v) is 6.51. The van der Waals surface area contributed by atoms with E-state index in [0.717, 1.165) is 18.5 Å². The van der Waals surface area contributed by atoms with E-state index < -0.39 is 0 Å². The van der Waals surface area contributed by atoms with Crippen LogP contribution in [0.3, 0.4) is 0 Å². The average molecular weight is 301 g/mol. The molecule has 0 spiro atoms. The van der Waals surface area contributed by atoms with Crippen LogP contribution in [0.1, 0.15) is 38.7 Å². The van der Waals surface area contributed by atoms with Crippen LogP contribution in [-0.4, -0.2) is 12.5 Å². The van der Waals surface area contributed by atoms with Crippen molar-refractivity contribution in [3.63, 3.8) is 0 Å². The second kappa shape index (κ2) is 7.41. The Labute approximate surface area is 131 Å². The predicted octanol–water partition coefficient (Wildman–Crippen LogP) is 4.68. The van der Waals surface area contributed by atoms with E-state index in [0.29, 0.717) is 5.92 Å². The summed E-state index contributed by atoms with van der Waals surface area (Å²) in [5.74, 6) is 0.558. The Morgan fingerprint density at radius 3 is 2.38 bits per heavy atom. The van der Waals surface area contributed by atoms with Crippen molar-refractivity contribution in [2.75, 3.05) is 6.54 Å². The Bertz CT molecular complexity index is 557. The Morgan fingerprint density at radius 1 is 1.14 bits per heavy atom. The first-order chi connectivity index (χ1) is 10.1. The van der Waals surface area contributed by atoms with Gasteiger partial charge in [-0.25, -0.2) is 0 Å². The number of rotatable bonds is 6. The van der Waals surface area contributed by atoms with Gasteiger partial charge in [0.2, 0.25) is 5.91 Å². The van der Waals surface area contributed by atoms with Crippen molar-refractivity contribution in [2.45, 2.75) is 33.1 Å². The van der Waals surface area contributed by atoms with Gasteiger partial charge in [-0.15, -0.1) is 0 Å². The summed E-state index contributed by atoms with van der Waals surface area (Å²) < 4.78 is 0. The molecule has 1 unspecified atom stereocenters. The van der Waals surface area contributed by atoms with E-state index in [9.17, 15) is 4.79 Å². The van der Waals surface area contributed by atoms with Crippen molar-refractivity contribution in [3.05, 3.63) is 46.7 Å². The molecule has 0 aliphatic rings. The van der Waals surface area contributed by atoms with Crippen molar-refractivity contribution in [1.29, 1.82) is 0 Å². The number of carbonyl (C=O) groups excluding carboxylic acids is 1.